The second-order valence-electron chi connectivity index (χ2n) is 3.39. The molecule has 0 bridgehead atoms. The smallest absolute Gasteiger partial charge is 0.131 e. The molecule has 0 N–H and O–H groups in total. The average molecular weight is 160 g/mol. The van der Waals surface area contributed by atoms with Gasteiger partial charge in [-0.15, -0.1) is 0 Å². The van der Waals surface area contributed by atoms with Crippen LogP contribution in [0.5, 0.6) is 0 Å². The topological polar surface area (TPSA) is 25.8 Å². The number of hydrogen-bond donors (Lipinski definition) is 0. The Kier molecular flexibility index (Phi) is 1.68. The van der Waals surface area contributed by atoms with Crippen molar-refractivity contribution in [2.24, 2.45) is 0 Å². The molecule has 0 fully saturated rings. The normalized spacial score (nSPS) is 13.9. The highest BCUT2D eigenvalue weighted by molar-refractivity contribution is 5.56. The van der Waals surface area contributed by atoms with Crippen molar-refractivity contribution < 1.29 is 0 Å². The van der Waals surface area contributed by atoms with Crippen LogP contribution in [0.4, 0.5) is 0 Å². The standard InChI is InChI=1S/C10H12N2/c1-7(2)10-11-6-8-4-3-5-9(8)12-10/h3-4,6-7H,5H2,1-2H3. The van der Waals surface area contributed by atoms with Crippen molar-refractivity contribution in [2.75, 3.05) is 0 Å². The van der Waals surface area contributed by atoms with Crippen molar-refractivity contribution in [2.45, 2.75) is 26.2 Å². The quantitative estimate of drug-likeness (QED) is 0.629. The van der Waals surface area contributed by atoms with Crippen LogP contribution in [0.25, 0.3) is 6.08 Å². The second kappa shape index (κ2) is 2.70. The van der Waals surface area contributed by atoms with E-state index in [1.165, 1.54) is 11.3 Å². The van der Waals surface area contributed by atoms with E-state index in [0.717, 1.165) is 12.2 Å². The van der Waals surface area contributed by atoms with Crippen LogP contribution in [0.1, 0.15) is 36.8 Å². The van der Waals surface area contributed by atoms with Gasteiger partial charge in [-0.3, -0.25) is 0 Å². The maximum Gasteiger partial charge on any atom is 0.131 e. The minimum atomic E-state index is 0.427. The van der Waals surface area contributed by atoms with Gasteiger partial charge in [-0.2, -0.15) is 0 Å². The summed E-state index contributed by atoms with van der Waals surface area (Å²) in [7, 11) is 0. The monoisotopic (exact) mass is 160 g/mol. The first-order valence-electron chi connectivity index (χ1n) is 4.29. The molecule has 2 nitrogen and oxygen atoms in total. The fourth-order valence-electron chi connectivity index (χ4n) is 1.32. The van der Waals surface area contributed by atoms with Crippen LogP contribution in [-0.2, 0) is 6.42 Å². The zero-order valence-electron chi connectivity index (χ0n) is 7.41. The fraction of sp³-hybridized carbons (Fsp3) is 0.400. The van der Waals surface area contributed by atoms with E-state index in [0.29, 0.717) is 5.92 Å². The first-order chi connectivity index (χ1) is 5.77. The van der Waals surface area contributed by atoms with Crippen molar-refractivity contribution in [1.29, 1.82) is 0 Å². The van der Waals surface area contributed by atoms with E-state index in [2.05, 4.69) is 36.0 Å². The Balaban J connectivity index is 2.42. The first-order valence-corrected chi connectivity index (χ1v) is 4.29. The molecule has 0 radical (unpaired) electrons. The van der Waals surface area contributed by atoms with Gasteiger partial charge in [0, 0.05) is 24.1 Å². The minimum Gasteiger partial charge on any atom is -0.240 e. The molecular formula is C10H12N2. The molecule has 0 atom stereocenters. The zero-order valence-corrected chi connectivity index (χ0v) is 7.41. The van der Waals surface area contributed by atoms with Crippen LogP contribution in [0.3, 0.4) is 0 Å². The maximum absolute atomic E-state index is 4.48. The summed E-state index contributed by atoms with van der Waals surface area (Å²) in [6.07, 6.45) is 7.10. The summed E-state index contributed by atoms with van der Waals surface area (Å²) in [6, 6.07) is 0. The molecule has 12 heavy (non-hydrogen) atoms. The molecule has 0 aliphatic heterocycles. The lowest BCUT2D eigenvalue weighted by atomic mass is 10.2. The lowest BCUT2D eigenvalue weighted by Crippen LogP contribution is -2.00. The number of aromatic nitrogens is 2. The van der Waals surface area contributed by atoms with E-state index in [1.54, 1.807) is 0 Å². The predicted molar refractivity (Wildman–Crippen MR) is 48.9 cm³/mol. The van der Waals surface area contributed by atoms with E-state index in [9.17, 15) is 0 Å². The third-order valence-electron chi connectivity index (χ3n) is 2.04. The summed E-state index contributed by atoms with van der Waals surface area (Å²) in [6.45, 7) is 4.23. The van der Waals surface area contributed by atoms with Gasteiger partial charge in [-0.1, -0.05) is 26.0 Å². The van der Waals surface area contributed by atoms with Crippen LogP contribution in [0.15, 0.2) is 12.3 Å². The number of nitrogens with zero attached hydrogens (tertiary/aromatic N) is 2. The minimum absolute atomic E-state index is 0.427. The molecule has 1 aromatic heterocycles. The molecule has 0 saturated carbocycles. The number of fused-ring (bicyclic) bond motifs is 1. The molecule has 1 aliphatic carbocycles. The molecule has 0 unspecified atom stereocenters. The molecule has 0 aromatic carbocycles. The Morgan fingerprint density at radius 2 is 2.25 bits per heavy atom. The van der Waals surface area contributed by atoms with Crippen LogP contribution in [-0.4, -0.2) is 9.97 Å². The SMILES string of the molecule is CC(C)c1ncc2c(n1)CC=C2. The van der Waals surface area contributed by atoms with Gasteiger partial charge in [0.1, 0.15) is 5.82 Å². The van der Waals surface area contributed by atoms with E-state index in [1.807, 2.05) is 6.20 Å². The predicted octanol–water partition coefficient (Wildman–Crippen LogP) is 2.17. The summed E-state index contributed by atoms with van der Waals surface area (Å²) in [5.74, 6) is 1.38. The molecule has 62 valence electrons. The highest BCUT2D eigenvalue weighted by Crippen LogP contribution is 2.18. The average Bonchev–Trinajstić information content (AvgIpc) is 2.49. The van der Waals surface area contributed by atoms with Crippen LogP contribution in [0.2, 0.25) is 0 Å². The van der Waals surface area contributed by atoms with Crippen molar-refractivity contribution in [3.05, 3.63) is 29.4 Å². The Morgan fingerprint density at radius 1 is 1.42 bits per heavy atom. The van der Waals surface area contributed by atoms with E-state index in [-0.39, 0.29) is 0 Å². The summed E-state index contributed by atoms with van der Waals surface area (Å²) in [4.78, 5) is 8.77. The summed E-state index contributed by atoms with van der Waals surface area (Å²) in [5.41, 5.74) is 2.35. The van der Waals surface area contributed by atoms with E-state index in [4.69, 9.17) is 0 Å². The Hall–Kier alpha value is -1.18. The molecule has 2 rings (SSSR count). The van der Waals surface area contributed by atoms with Gasteiger partial charge in [0.25, 0.3) is 0 Å². The van der Waals surface area contributed by atoms with Gasteiger partial charge < -0.3 is 0 Å². The summed E-state index contributed by atoms with van der Waals surface area (Å²) in [5, 5.41) is 0. The molecule has 0 amide bonds. The van der Waals surface area contributed by atoms with Gasteiger partial charge in [0.05, 0.1) is 5.69 Å². The van der Waals surface area contributed by atoms with Crippen LogP contribution < -0.4 is 0 Å². The summed E-state index contributed by atoms with van der Waals surface area (Å²) < 4.78 is 0. The first kappa shape index (κ1) is 7.47. The van der Waals surface area contributed by atoms with Gasteiger partial charge in [-0.05, 0) is 0 Å². The summed E-state index contributed by atoms with van der Waals surface area (Å²) >= 11 is 0. The fourth-order valence-corrected chi connectivity index (χ4v) is 1.32. The van der Waals surface area contributed by atoms with Crippen molar-refractivity contribution >= 4 is 6.08 Å². The largest absolute Gasteiger partial charge is 0.240 e. The third kappa shape index (κ3) is 1.13. The van der Waals surface area contributed by atoms with Gasteiger partial charge >= 0.3 is 0 Å². The van der Waals surface area contributed by atoms with Crippen molar-refractivity contribution in [1.82, 2.24) is 9.97 Å². The molecule has 1 aromatic rings. The highest BCUT2D eigenvalue weighted by atomic mass is 14.9. The number of hydrogen-bond acceptors (Lipinski definition) is 2. The zero-order chi connectivity index (χ0) is 8.55. The third-order valence-corrected chi connectivity index (χ3v) is 2.04. The molecular weight excluding hydrogens is 148 g/mol. The van der Waals surface area contributed by atoms with Crippen molar-refractivity contribution in [3.8, 4) is 0 Å². The van der Waals surface area contributed by atoms with Crippen LogP contribution in [0, 0.1) is 0 Å². The van der Waals surface area contributed by atoms with E-state index >= 15 is 0 Å². The van der Waals surface area contributed by atoms with Gasteiger partial charge in [-0.25, -0.2) is 9.97 Å². The van der Waals surface area contributed by atoms with Gasteiger partial charge in [0.2, 0.25) is 0 Å². The number of allylic oxidation sites excluding steroid dienone is 1. The lowest BCUT2D eigenvalue weighted by molar-refractivity contribution is 0.763. The Labute approximate surface area is 72.4 Å². The molecule has 1 aliphatic rings. The highest BCUT2D eigenvalue weighted by Gasteiger charge is 2.09. The Bertz CT molecular complexity index is 327. The van der Waals surface area contributed by atoms with Gasteiger partial charge in [0.15, 0.2) is 0 Å². The second-order valence-corrected chi connectivity index (χ2v) is 3.39. The van der Waals surface area contributed by atoms with Crippen LogP contribution >= 0.6 is 0 Å². The molecule has 0 saturated heterocycles. The Morgan fingerprint density at radius 3 is 3.00 bits per heavy atom. The maximum atomic E-state index is 4.48. The number of rotatable bonds is 1. The molecule has 1 heterocycles. The molecule has 0 spiro atoms. The van der Waals surface area contributed by atoms with E-state index < -0.39 is 0 Å². The van der Waals surface area contributed by atoms with Crippen molar-refractivity contribution in [3.63, 3.8) is 0 Å². The molecule has 2 heteroatoms. The lowest BCUT2D eigenvalue weighted by Gasteiger charge is -2.04.